The van der Waals surface area contributed by atoms with Crippen molar-refractivity contribution in [2.24, 2.45) is 0 Å². The molecule has 1 aromatic heterocycles. The third-order valence-electron chi connectivity index (χ3n) is 4.53. The van der Waals surface area contributed by atoms with Gasteiger partial charge >= 0.3 is 12.1 Å². The number of hydrogen-bond acceptors (Lipinski definition) is 6. The molecule has 1 aromatic carbocycles. The number of thiophene rings is 1. The average Bonchev–Trinajstić information content (AvgIpc) is 3.14. The molecular weight excluding hydrogens is 421 g/mol. The van der Waals surface area contributed by atoms with E-state index in [0.717, 1.165) is 17.0 Å². The van der Waals surface area contributed by atoms with Crippen LogP contribution < -0.4 is 10.2 Å². The maximum absolute atomic E-state index is 13.2. The van der Waals surface area contributed by atoms with E-state index in [1.807, 2.05) is 11.8 Å². The molecule has 0 spiro atoms. The number of amides is 1. The van der Waals surface area contributed by atoms with E-state index in [4.69, 9.17) is 9.47 Å². The normalized spacial score (nSPS) is 15.6. The first kappa shape index (κ1) is 22.1. The van der Waals surface area contributed by atoms with Crippen molar-refractivity contribution in [1.82, 2.24) is 0 Å². The zero-order valence-electron chi connectivity index (χ0n) is 16.4. The number of nitrogens with one attached hydrogen (secondary N) is 1. The van der Waals surface area contributed by atoms with Crippen LogP contribution in [0.5, 0.6) is 0 Å². The van der Waals surface area contributed by atoms with Gasteiger partial charge in [-0.2, -0.15) is 13.2 Å². The number of halogens is 3. The number of alkyl halides is 3. The minimum Gasteiger partial charge on any atom is -0.448 e. The van der Waals surface area contributed by atoms with Crippen LogP contribution in [0.15, 0.2) is 30.3 Å². The molecule has 0 aliphatic carbocycles. The van der Waals surface area contributed by atoms with Crippen molar-refractivity contribution in [3.63, 3.8) is 0 Å². The van der Waals surface area contributed by atoms with Gasteiger partial charge in [0.2, 0.25) is 0 Å². The summed E-state index contributed by atoms with van der Waals surface area (Å²) < 4.78 is 50.0. The first-order chi connectivity index (χ1) is 14.1. The van der Waals surface area contributed by atoms with Gasteiger partial charge < -0.3 is 19.7 Å². The van der Waals surface area contributed by atoms with E-state index < -0.39 is 29.7 Å². The fourth-order valence-corrected chi connectivity index (χ4v) is 3.69. The standard InChI is InChI=1S/C20H21F3N2O4S/c1-12-3-6-17(30-12)19(27)29-13(2)18(26)24-15-11-14(20(21,22)23)4-5-16(15)25-7-9-28-10-8-25/h3-6,11,13H,7-10H2,1-2H3,(H,24,26). The number of aryl methyl sites for hydroxylation is 1. The van der Waals surface area contributed by atoms with Gasteiger partial charge in [-0.25, -0.2) is 4.79 Å². The molecule has 3 rings (SSSR count). The summed E-state index contributed by atoms with van der Waals surface area (Å²) in [6.45, 7) is 5.03. The predicted molar refractivity (Wildman–Crippen MR) is 107 cm³/mol. The fraction of sp³-hybridized carbons (Fsp3) is 0.400. The van der Waals surface area contributed by atoms with Crippen LogP contribution in [-0.4, -0.2) is 44.3 Å². The van der Waals surface area contributed by atoms with Crippen molar-refractivity contribution >= 4 is 34.6 Å². The Balaban J connectivity index is 1.78. The Morgan fingerprint density at radius 3 is 2.50 bits per heavy atom. The van der Waals surface area contributed by atoms with Crippen LogP contribution in [0.4, 0.5) is 24.5 Å². The van der Waals surface area contributed by atoms with Gasteiger partial charge in [0.05, 0.1) is 30.2 Å². The summed E-state index contributed by atoms with van der Waals surface area (Å²) >= 11 is 1.23. The quantitative estimate of drug-likeness (QED) is 0.707. The van der Waals surface area contributed by atoms with Crippen LogP contribution in [0.3, 0.4) is 0 Å². The van der Waals surface area contributed by atoms with Crippen LogP contribution in [0.1, 0.15) is 27.0 Å². The van der Waals surface area contributed by atoms with Gasteiger partial charge in [-0.3, -0.25) is 4.79 Å². The molecule has 0 saturated carbocycles. The number of carbonyl (C=O) groups is 2. The highest BCUT2D eigenvalue weighted by molar-refractivity contribution is 7.13. The van der Waals surface area contributed by atoms with E-state index in [0.29, 0.717) is 36.9 Å². The number of hydrogen-bond donors (Lipinski definition) is 1. The molecule has 1 unspecified atom stereocenters. The summed E-state index contributed by atoms with van der Waals surface area (Å²) in [5.74, 6) is -1.38. The Kier molecular flexibility index (Phi) is 6.67. The van der Waals surface area contributed by atoms with Gasteiger partial charge in [-0.1, -0.05) is 0 Å². The molecule has 0 bridgehead atoms. The molecule has 6 nitrogen and oxygen atoms in total. The van der Waals surface area contributed by atoms with Crippen LogP contribution in [0.2, 0.25) is 0 Å². The van der Waals surface area contributed by atoms with Crippen LogP contribution in [0, 0.1) is 6.92 Å². The molecule has 1 atom stereocenters. The Morgan fingerprint density at radius 1 is 1.20 bits per heavy atom. The summed E-state index contributed by atoms with van der Waals surface area (Å²) in [7, 11) is 0. The van der Waals surface area contributed by atoms with Crippen molar-refractivity contribution in [2.75, 3.05) is 36.5 Å². The van der Waals surface area contributed by atoms with Gasteiger partial charge in [0, 0.05) is 18.0 Å². The van der Waals surface area contributed by atoms with E-state index in [1.165, 1.54) is 24.3 Å². The molecule has 1 saturated heterocycles. The van der Waals surface area contributed by atoms with Crippen molar-refractivity contribution in [1.29, 1.82) is 0 Å². The number of ether oxygens (including phenoxy) is 2. The first-order valence-corrected chi connectivity index (χ1v) is 10.1. The zero-order chi connectivity index (χ0) is 21.9. The minimum absolute atomic E-state index is 0.00610. The summed E-state index contributed by atoms with van der Waals surface area (Å²) in [6, 6.07) is 6.54. The molecule has 1 fully saturated rings. The van der Waals surface area contributed by atoms with Crippen molar-refractivity contribution < 1.29 is 32.2 Å². The van der Waals surface area contributed by atoms with Crippen molar-refractivity contribution in [3.8, 4) is 0 Å². The van der Waals surface area contributed by atoms with E-state index in [2.05, 4.69) is 5.32 Å². The molecule has 2 heterocycles. The zero-order valence-corrected chi connectivity index (χ0v) is 17.2. The summed E-state index contributed by atoms with van der Waals surface area (Å²) in [5, 5.41) is 2.49. The molecule has 1 amide bonds. The van der Waals surface area contributed by atoms with Gasteiger partial charge in [-0.15, -0.1) is 11.3 Å². The van der Waals surface area contributed by atoms with Gasteiger partial charge in [0.1, 0.15) is 4.88 Å². The van der Waals surface area contributed by atoms with Gasteiger partial charge in [-0.05, 0) is 44.2 Å². The highest BCUT2D eigenvalue weighted by Gasteiger charge is 2.32. The van der Waals surface area contributed by atoms with E-state index in [-0.39, 0.29) is 5.69 Å². The molecule has 0 radical (unpaired) electrons. The highest BCUT2D eigenvalue weighted by atomic mass is 32.1. The number of nitrogens with zero attached hydrogens (tertiary/aromatic N) is 1. The minimum atomic E-state index is -4.56. The Hall–Kier alpha value is -2.59. The lowest BCUT2D eigenvalue weighted by Gasteiger charge is -2.31. The molecule has 1 N–H and O–H groups in total. The monoisotopic (exact) mass is 442 g/mol. The Morgan fingerprint density at radius 2 is 1.90 bits per heavy atom. The summed E-state index contributed by atoms with van der Waals surface area (Å²) in [4.78, 5) is 27.8. The number of rotatable bonds is 5. The lowest BCUT2D eigenvalue weighted by atomic mass is 10.1. The number of esters is 1. The third-order valence-corrected chi connectivity index (χ3v) is 5.51. The molecule has 30 heavy (non-hydrogen) atoms. The molecular formula is C20H21F3N2O4S. The Labute approximate surface area is 175 Å². The van der Waals surface area contributed by atoms with Gasteiger partial charge in [0.25, 0.3) is 5.91 Å². The van der Waals surface area contributed by atoms with E-state index >= 15 is 0 Å². The second-order valence-corrected chi connectivity index (χ2v) is 8.06. The molecule has 10 heteroatoms. The molecule has 1 aliphatic rings. The van der Waals surface area contributed by atoms with Crippen LogP contribution >= 0.6 is 11.3 Å². The summed E-state index contributed by atoms with van der Waals surface area (Å²) in [5.41, 5.74) is -0.424. The third kappa shape index (κ3) is 5.31. The first-order valence-electron chi connectivity index (χ1n) is 9.27. The number of benzene rings is 1. The molecule has 1 aliphatic heterocycles. The van der Waals surface area contributed by atoms with Crippen molar-refractivity contribution in [2.45, 2.75) is 26.1 Å². The average molecular weight is 442 g/mol. The largest absolute Gasteiger partial charge is 0.448 e. The highest BCUT2D eigenvalue weighted by Crippen LogP contribution is 2.36. The van der Waals surface area contributed by atoms with Crippen LogP contribution in [0.25, 0.3) is 0 Å². The maximum atomic E-state index is 13.2. The van der Waals surface area contributed by atoms with E-state index in [1.54, 1.807) is 12.1 Å². The smallest absolute Gasteiger partial charge is 0.416 e. The second kappa shape index (κ2) is 9.05. The number of anilines is 2. The second-order valence-electron chi connectivity index (χ2n) is 6.78. The summed E-state index contributed by atoms with van der Waals surface area (Å²) in [6.07, 6.45) is -5.75. The number of carbonyl (C=O) groups excluding carboxylic acids is 2. The Bertz CT molecular complexity index is 923. The lowest BCUT2D eigenvalue weighted by molar-refractivity contribution is -0.137. The van der Waals surface area contributed by atoms with Crippen LogP contribution in [-0.2, 0) is 20.4 Å². The fourth-order valence-electron chi connectivity index (χ4n) is 2.94. The van der Waals surface area contributed by atoms with Crippen molar-refractivity contribution in [3.05, 3.63) is 45.6 Å². The molecule has 162 valence electrons. The topological polar surface area (TPSA) is 67.9 Å². The lowest BCUT2D eigenvalue weighted by Crippen LogP contribution is -2.37. The predicted octanol–water partition coefficient (Wildman–Crippen LogP) is 4.10. The van der Waals surface area contributed by atoms with Gasteiger partial charge in [0.15, 0.2) is 6.10 Å². The SMILES string of the molecule is Cc1ccc(C(=O)OC(C)C(=O)Nc2cc(C(F)(F)F)ccc2N2CCOCC2)s1. The number of morpholine rings is 1. The maximum Gasteiger partial charge on any atom is 0.416 e. The molecule has 2 aromatic rings. The van der Waals surface area contributed by atoms with E-state index in [9.17, 15) is 22.8 Å².